The minimum atomic E-state index is -4.53. The molecular formula is C23H16F3NO7. The summed E-state index contributed by atoms with van der Waals surface area (Å²) < 4.78 is 59.4. The highest BCUT2D eigenvalue weighted by Gasteiger charge is 2.30. The second-order valence-corrected chi connectivity index (χ2v) is 7.17. The first-order valence-corrected chi connectivity index (χ1v) is 9.81. The standard InChI is InChI=1S/C23H16F3NO7/c1-12(28)15-8-19-20(33-11-32-19)9-16(15)27-21(29)10-31-22(30)18-6-5-17(34-18)13-3-2-4-14(7-13)23(24,25)26/h2-9H,10-11H2,1H3,(H,27,29). The van der Waals surface area contributed by atoms with E-state index in [4.69, 9.17) is 18.6 Å². The lowest BCUT2D eigenvalue weighted by molar-refractivity contribution is -0.137. The number of anilines is 1. The van der Waals surface area contributed by atoms with E-state index in [1.165, 1.54) is 43.3 Å². The average molecular weight is 475 g/mol. The lowest BCUT2D eigenvalue weighted by Crippen LogP contribution is -2.21. The number of Topliss-reactive ketones (excluding diaryl/α,β-unsaturated/α-hetero) is 1. The first kappa shape index (κ1) is 22.9. The van der Waals surface area contributed by atoms with E-state index in [-0.39, 0.29) is 40.9 Å². The highest BCUT2D eigenvalue weighted by atomic mass is 19.4. The summed E-state index contributed by atoms with van der Waals surface area (Å²) in [6.07, 6.45) is -4.53. The number of benzene rings is 2. The van der Waals surface area contributed by atoms with Crippen LogP contribution in [-0.4, -0.2) is 31.1 Å². The van der Waals surface area contributed by atoms with Gasteiger partial charge < -0.3 is 23.9 Å². The van der Waals surface area contributed by atoms with E-state index in [0.717, 1.165) is 12.1 Å². The van der Waals surface area contributed by atoms with E-state index in [9.17, 15) is 27.6 Å². The van der Waals surface area contributed by atoms with Crippen LogP contribution in [0.3, 0.4) is 0 Å². The molecule has 1 aromatic heterocycles. The molecule has 34 heavy (non-hydrogen) atoms. The molecule has 0 spiro atoms. The van der Waals surface area contributed by atoms with Gasteiger partial charge in [-0.25, -0.2) is 4.79 Å². The minimum Gasteiger partial charge on any atom is -0.454 e. The van der Waals surface area contributed by atoms with Crippen LogP contribution in [0, 0.1) is 0 Å². The van der Waals surface area contributed by atoms with Gasteiger partial charge in [0.15, 0.2) is 23.9 Å². The molecule has 1 aliphatic heterocycles. The number of ketones is 1. The van der Waals surface area contributed by atoms with Crippen LogP contribution in [0.2, 0.25) is 0 Å². The molecule has 176 valence electrons. The molecule has 0 saturated carbocycles. The number of hydrogen-bond donors (Lipinski definition) is 1. The van der Waals surface area contributed by atoms with Crippen LogP contribution in [0.25, 0.3) is 11.3 Å². The first-order valence-electron chi connectivity index (χ1n) is 9.81. The molecule has 1 aliphatic rings. The zero-order chi connectivity index (χ0) is 24.5. The van der Waals surface area contributed by atoms with Gasteiger partial charge in [0.1, 0.15) is 5.76 Å². The summed E-state index contributed by atoms with van der Waals surface area (Å²) in [5.41, 5.74) is -0.412. The van der Waals surface area contributed by atoms with Crippen LogP contribution >= 0.6 is 0 Å². The molecule has 1 amide bonds. The molecule has 3 aromatic rings. The fourth-order valence-corrected chi connectivity index (χ4v) is 3.18. The number of rotatable bonds is 6. The number of alkyl halides is 3. The van der Waals surface area contributed by atoms with Gasteiger partial charge in [0, 0.05) is 17.2 Å². The van der Waals surface area contributed by atoms with Gasteiger partial charge in [0.25, 0.3) is 5.91 Å². The highest BCUT2D eigenvalue weighted by molar-refractivity contribution is 6.05. The number of halogens is 3. The molecule has 0 fully saturated rings. The van der Waals surface area contributed by atoms with Gasteiger partial charge in [0.05, 0.1) is 11.3 Å². The quantitative estimate of drug-likeness (QED) is 0.407. The van der Waals surface area contributed by atoms with Crippen molar-refractivity contribution in [2.45, 2.75) is 13.1 Å². The number of furan rings is 1. The second-order valence-electron chi connectivity index (χ2n) is 7.17. The Labute approximate surface area is 190 Å². The Balaban J connectivity index is 1.40. The second kappa shape index (κ2) is 8.93. The number of ether oxygens (including phenoxy) is 3. The minimum absolute atomic E-state index is 0.0205. The van der Waals surface area contributed by atoms with E-state index < -0.39 is 30.2 Å². The summed E-state index contributed by atoms with van der Waals surface area (Å²) in [6, 6.07) is 9.82. The van der Waals surface area contributed by atoms with Crippen LogP contribution < -0.4 is 14.8 Å². The van der Waals surface area contributed by atoms with Gasteiger partial charge in [-0.2, -0.15) is 13.2 Å². The normalized spacial score (nSPS) is 12.4. The topological polar surface area (TPSA) is 104 Å². The monoisotopic (exact) mass is 475 g/mol. The van der Waals surface area contributed by atoms with Gasteiger partial charge in [-0.3, -0.25) is 9.59 Å². The number of amides is 1. The molecule has 8 nitrogen and oxygen atoms in total. The van der Waals surface area contributed by atoms with Gasteiger partial charge in [-0.15, -0.1) is 0 Å². The number of fused-ring (bicyclic) bond motifs is 1. The summed E-state index contributed by atoms with van der Waals surface area (Å²) in [5.74, 6) is -1.63. The number of carbonyl (C=O) groups excluding carboxylic acids is 3. The molecule has 0 radical (unpaired) electrons. The zero-order valence-corrected chi connectivity index (χ0v) is 17.5. The third kappa shape index (κ3) is 4.87. The molecule has 2 heterocycles. The predicted molar refractivity (Wildman–Crippen MR) is 111 cm³/mol. The third-order valence-corrected chi connectivity index (χ3v) is 4.78. The zero-order valence-electron chi connectivity index (χ0n) is 17.5. The molecule has 0 saturated heterocycles. The molecule has 11 heteroatoms. The van der Waals surface area contributed by atoms with Gasteiger partial charge >= 0.3 is 12.1 Å². The smallest absolute Gasteiger partial charge is 0.416 e. The van der Waals surface area contributed by atoms with E-state index in [0.29, 0.717) is 11.5 Å². The Hall–Kier alpha value is -4.28. The van der Waals surface area contributed by atoms with Crippen LogP contribution in [0.1, 0.15) is 33.4 Å². The number of esters is 1. The van der Waals surface area contributed by atoms with Crippen molar-refractivity contribution in [1.82, 2.24) is 0 Å². The van der Waals surface area contributed by atoms with Crippen molar-refractivity contribution in [2.24, 2.45) is 0 Å². The third-order valence-electron chi connectivity index (χ3n) is 4.78. The SMILES string of the molecule is CC(=O)c1cc2c(cc1NC(=O)COC(=O)c1ccc(-c3cccc(C(F)(F)F)c3)o1)OCO2. The summed E-state index contributed by atoms with van der Waals surface area (Å²) >= 11 is 0. The van der Waals surface area contributed by atoms with Crippen LogP contribution in [-0.2, 0) is 15.7 Å². The van der Waals surface area contributed by atoms with Crippen molar-refractivity contribution >= 4 is 23.3 Å². The lowest BCUT2D eigenvalue weighted by Gasteiger charge is -2.10. The maximum atomic E-state index is 12.9. The van der Waals surface area contributed by atoms with Gasteiger partial charge in [-0.1, -0.05) is 12.1 Å². The van der Waals surface area contributed by atoms with Crippen molar-refractivity contribution in [3.63, 3.8) is 0 Å². The number of carbonyl (C=O) groups is 3. The molecule has 0 bridgehead atoms. The Morgan fingerprint density at radius 3 is 2.47 bits per heavy atom. The Bertz CT molecular complexity index is 1280. The fourth-order valence-electron chi connectivity index (χ4n) is 3.18. The Kier molecular flexibility index (Phi) is 6.01. The van der Waals surface area contributed by atoms with E-state index in [2.05, 4.69) is 5.32 Å². The van der Waals surface area contributed by atoms with E-state index >= 15 is 0 Å². The largest absolute Gasteiger partial charge is 0.454 e. The maximum Gasteiger partial charge on any atom is 0.416 e. The van der Waals surface area contributed by atoms with E-state index in [1.807, 2.05) is 0 Å². The van der Waals surface area contributed by atoms with Crippen LogP contribution in [0.15, 0.2) is 52.9 Å². The van der Waals surface area contributed by atoms with Crippen molar-refractivity contribution in [2.75, 3.05) is 18.7 Å². The molecule has 2 aromatic carbocycles. The number of nitrogens with one attached hydrogen (secondary N) is 1. The highest BCUT2D eigenvalue weighted by Crippen LogP contribution is 2.37. The Morgan fingerprint density at radius 1 is 1.03 bits per heavy atom. The molecule has 0 unspecified atom stereocenters. The molecule has 4 rings (SSSR count). The molecular weight excluding hydrogens is 459 g/mol. The lowest BCUT2D eigenvalue weighted by atomic mass is 10.1. The summed E-state index contributed by atoms with van der Waals surface area (Å²) in [7, 11) is 0. The summed E-state index contributed by atoms with van der Waals surface area (Å²) in [4.78, 5) is 36.4. The predicted octanol–water partition coefficient (Wildman–Crippen LogP) is 4.69. The van der Waals surface area contributed by atoms with Gasteiger partial charge in [0.2, 0.25) is 12.6 Å². The van der Waals surface area contributed by atoms with Crippen molar-refractivity contribution in [1.29, 1.82) is 0 Å². The first-order chi connectivity index (χ1) is 16.1. The van der Waals surface area contributed by atoms with Crippen molar-refractivity contribution < 1.29 is 46.2 Å². The summed E-state index contributed by atoms with van der Waals surface area (Å²) in [6.45, 7) is 0.587. The summed E-state index contributed by atoms with van der Waals surface area (Å²) in [5, 5.41) is 2.47. The van der Waals surface area contributed by atoms with E-state index in [1.54, 1.807) is 0 Å². The maximum absolute atomic E-state index is 12.9. The number of hydrogen-bond acceptors (Lipinski definition) is 7. The van der Waals surface area contributed by atoms with Crippen LogP contribution in [0.4, 0.5) is 18.9 Å². The molecule has 0 aliphatic carbocycles. The average Bonchev–Trinajstić information content (AvgIpc) is 3.46. The molecule has 1 N–H and O–H groups in total. The van der Waals surface area contributed by atoms with Crippen molar-refractivity contribution in [3.8, 4) is 22.8 Å². The van der Waals surface area contributed by atoms with Gasteiger partial charge in [-0.05, 0) is 37.3 Å². The Morgan fingerprint density at radius 2 is 1.76 bits per heavy atom. The van der Waals surface area contributed by atoms with Crippen LogP contribution in [0.5, 0.6) is 11.5 Å². The fraction of sp³-hybridized carbons (Fsp3) is 0.174. The molecule has 0 atom stereocenters. The van der Waals surface area contributed by atoms with Crippen molar-refractivity contribution in [3.05, 3.63) is 65.4 Å².